The molecule has 0 saturated carbocycles. The molecule has 1 rings (SSSR count). The van der Waals surface area contributed by atoms with Crippen LogP contribution in [0, 0.1) is 6.92 Å². The fourth-order valence-electron chi connectivity index (χ4n) is 1.90. The smallest absolute Gasteiger partial charge is 0.304 e. The van der Waals surface area contributed by atoms with Crippen LogP contribution in [0.25, 0.3) is 0 Å². The van der Waals surface area contributed by atoms with E-state index in [0.717, 1.165) is 12.0 Å². The first-order valence-electron chi connectivity index (χ1n) is 6.72. The van der Waals surface area contributed by atoms with Crippen LogP contribution in [0.3, 0.4) is 0 Å². The second-order valence-corrected chi connectivity index (χ2v) is 7.01. The van der Waals surface area contributed by atoms with E-state index in [1.54, 1.807) is 12.1 Å². The number of carbonyl (C=O) groups is 1. The van der Waals surface area contributed by atoms with Crippen molar-refractivity contribution < 1.29 is 18.3 Å². The third kappa shape index (κ3) is 6.46. The molecule has 1 atom stereocenters. The van der Waals surface area contributed by atoms with Gasteiger partial charge < -0.3 is 5.11 Å². The van der Waals surface area contributed by atoms with E-state index in [9.17, 15) is 13.2 Å². The van der Waals surface area contributed by atoms with Gasteiger partial charge in [-0.25, -0.2) is 13.1 Å². The summed E-state index contributed by atoms with van der Waals surface area (Å²) in [6.07, 6.45) is 1.61. The summed E-state index contributed by atoms with van der Waals surface area (Å²) in [5.41, 5.74) is 0.957. The van der Waals surface area contributed by atoms with Gasteiger partial charge in [-0.2, -0.15) is 0 Å². The van der Waals surface area contributed by atoms with Crippen LogP contribution in [-0.2, 0) is 14.8 Å². The first kappa shape index (κ1) is 17.9. The molecule has 1 aromatic rings. The molecule has 0 aliphatic rings. The van der Waals surface area contributed by atoms with Gasteiger partial charge in [0.2, 0.25) is 10.0 Å². The summed E-state index contributed by atoms with van der Waals surface area (Å²) in [6.45, 7) is 1.86. The van der Waals surface area contributed by atoms with E-state index in [4.69, 9.17) is 16.7 Å². The molecule has 0 aliphatic heterocycles. The van der Waals surface area contributed by atoms with E-state index < -0.39 is 22.0 Å². The molecule has 0 saturated heterocycles. The van der Waals surface area contributed by atoms with E-state index in [2.05, 4.69) is 4.72 Å². The minimum atomic E-state index is -3.71. The molecule has 0 aromatic heterocycles. The van der Waals surface area contributed by atoms with Gasteiger partial charge in [-0.1, -0.05) is 24.1 Å². The Bertz CT molecular complexity index is 557. The van der Waals surface area contributed by atoms with Crippen molar-refractivity contribution in [2.45, 2.75) is 43.5 Å². The number of alkyl halides is 1. The normalized spacial score (nSPS) is 13.0. The molecule has 1 aromatic carbocycles. The predicted molar refractivity (Wildman–Crippen MR) is 82.1 cm³/mol. The van der Waals surface area contributed by atoms with Crippen molar-refractivity contribution in [3.05, 3.63) is 29.8 Å². The lowest BCUT2D eigenvalue weighted by molar-refractivity contribution is -0.137. The highest BCUT2D eigenvalue weighted by Gasteiger charge is 2.21. The van der Waals surface area contributed by atoms with Gasteiger partial charge in [0.05, 0.1) is 11.3 Å². The minimum absolute atomic E-state index is 0.140. The summed E-state index contributed by atoms with van der Waals surface area (Å²) in [5, 5.41) is 8.88. The third-order valence-corrected chi connectivity index (χ3v) is 4.81. The van der Waals surface area contributed by atoms with Gasteiger partial charge in [0.25, 0.3) is 0 Å². The zero-order chi connectivity index (χ0) is 15.9. The zero-order valence-corrected chi connectivity index (χ0v) is 13.5. The number of sulfonamides is 1. The maximum Gasteiger partial charge on any atom is 0.304 e. The van der Waals surface area contributed by atoms with Gasteiger partial charge in [0.15, 0.2) is 0 Å². The predicted octanol–water partition coefficient (Wildman–Crippen LogP) is 2.53. The SMILES string of the molecule is Cc1ccc(S(=O)(=O)NC(CCCCCl)CC(=O)O)cc1. The topological polar surface area (TPSA) is 83.5 Å². The Kier molecular flexibility index (Phi) is 7.14. The fraction of sp³-hybridized carbons (Fsp3) is 0.500. The van der Waals surface area contributed by atoms with Crippen LogP contribution < -0.4 is 4.72 Å². The average Bonchev–Trinajstić information content (AvgIpc) is 2.38. The molecule has 118 valence electrons. The van der Waals surface area contributed by atoms with Crippen LogP contribution in [0.15, 0.2) is 29.2 Å². The monoisotopic (exact) mass is 333 g/mol. The van der Waals surface area contributed by atoms with Crippen molar-refractivity contribution in [2.75, 3.05) is 5.88 Å². The first-order chi connectivity index (χ1) is 9.85. The van der Waals surface area contributed by atoms with Gasteiger partial charge in [-0.3, -0.25) is 4.79 Å². The largest absolute Gasteiger partial charge is 0.481 e. The number of nitrogens with one attached hydrogen (secondary N) is 1. The third-order valence-electron chi connectivity index (χ3n) is 3.01. The number of benzene rings is 1. The molecular formula is C14H20ClNO4S. The first-order valence-corrected chi connectivity index (χ1v) is 8.73. The second kappa shape index (κ2) is 8.36. The molecule has 21 heavy (non-hydrogen) atoms. The van der Waals surface area contributed by atoms with E-state index in [-0.39, 0.29) is 11.3 Å². The van der Waals surface area contributed by atoms with Crippen molar-refractivity contribution in [1.82, 2.24) is 4.72 Å². The number of rotatable bonds is 9. The quantitative estimate of drug-likeness (QED) is 0.537. The maximum absolute atomic E-state index is 12.2. The maximum atomic E-state index is 12.2. The summed E-state index contributed by atoms with van der Waals surface area (Å²) < 4.78 is 26.9. The second-order valence-electron chi connectivity index (χ2n) is 4.91. The molecule has 0 fully saturated rings. The van der Waals surface area contributed by atoms with Gasteiger partial charge in [0, 0.05) is 11.9 Å². The number of carboxylic acid groups (broad SMARTS) is 1. The molecule has 1 unspecified atom stereocenters. The lowest BCUT2D eigenvalue weighted by Gasteiger charge is -2.17. The van der Waals surface area contributed by atoms with E-state index in [1.165, 1.54) is 12.1 Å². The molecule has 0 bridgehead atoms. The van der Waals surface area contributed by atoms with E-state index in [0.29, 0.717) is 18.7 Å². The van der Waals surface area contributed by atoms with Crippen LogP contribution >= 0.6 is 11.6 Å². The Balaban J connectivity index is 2.79. The molecular weight excluding hydrogens is 314 g/mol. The van der Waals surface area contributed by atoms with Crippen molar-refractivity contribution in [1.29, 1.82) is 0 Å². The number of halogens is 1. The number of unbranched alkanes of at least 4 members (excludes halogenated alkanes) is 1. The average molecular weight is 334 g/mol. The molecule has 7 heteroatoms. The van der Waals surface area contributed by atoms with Crippen molar-refractivity contribution >= 4 is 27.6 Å². The van der Waals surface area contributed by atoms with Crippen molar-refractivity contribution in [2.24, 2.45) is 0 Å². The molecule has 2 N–H and O–H groups in total. The van der Waals surface area contributed by atoms with Gasteiger partial charge in [0.1, 0.15) is 0 Å². The lowest BCUT2D eigenvalue weighted by atomic mass is 10.1. The Labute approximate surface area is 130 Å². The molecule has 0 amide bonds. The highest BCUT2D eigenvalue weighted by molar-refractivity contribution is 7.89. The van der Waals surface area contributed by atoms with Crippen LogP contribution in [-0.4, -0.2) is 31.4 Å². The van der Waals surface area contributed by atoms with Crippen LogP contribution in [0.5, 0.6) is 0 Å². The highest BCUT2D eigenvalue weighted by Crippen LogP contribution is 2.14. The Morgan fingerprint density at radius 1 is 1.29 bits per heavy atom. The molecule has 0 aliphatic carbocycles. The zero-order valence-electron chi connectivity index (χ0n) is 11.9. The number of hydrogen-bond donors (Lipinski definition) is 2. The number of hydrogen-bond acceptors (Lipinski definition) is 3. The molecule has 5 nitrogen and oxygen atoms in total. The number of aliphatic carboxylic acids is 1. The van der Waals surface area contributed by atoms with Gasteiger partial charge in [-0.15, -0.1) is 11.6 Å². The molecule has 0 radical (unpaired) electrons. The Morgan fingerprint density at radius 2 is 1.90 bits per heavy atom. The molecule has 0 heterocycles. The van der Waals surface area contributed by atoms with Crippen molar-refractivity contribution in [3.63, 3.8) is 0 Å². The fourth-order valence-corrected chi connectivity index (χ4v) is 3.36. The van der Waals surface area contributed by atoms with Gasteiger partial charge >= 0.3 is 5.97 Å². The Morgan fingerprint density at radius 3 is 2.43 bits per heavy atom. The summed E-state index contributed by atoms with van der Waals surface area (Å²) >= 11 is 5.58. The Hall–Kier alpha value is -1.11. The summed E-state index contributed by atoms with van der Waals surface area (Å²) in [4.78, 5) is 11.0. The summed E-state index contributed by atoms with van der Waals surface area (Å²) in [6, 6.07) is 5.79. The number of aryl methyl sites for hydroxylation is 1. The summed E-state index contributed by atoms with van der Waals surface area (Å²) in [5.74, 6) is -0.553. The summed E-state index contributed by atoms with van der Waals surface area (Å²) in [7, 11) is -3.71. The van der Waals surface area contributed by atoms with Crippen LogP contribution in [0.4, 0.5) is 0 Å². The van der Waals surface area contributed by atoms with Crippen LogP contribution in [0.1, 0.15) is 31.2 Å². The molecule has 0 spiro atoms. The highest BCUT2D eigenvalue weighted by atomic mass is 35.5. The standard InChI is InChI=1S/C14H20ClNO4S/c1-11-5-7-13(8-6-11)21(19,20)16-12(10-14(17)18)4-2-3-9-15/h5-8,12,16H,2-4,9-10H2,1H3,(H,17,18). The number of carboxylic acids is 1. The van der Waals surface area contributed by atoms with E-state index >= 15 is 0 Å². The lowest BCUT2D eigenvalue weighted by Crippen LogP contribution is -2.36. The van der Waals surface area contributed by atoms with Crippen molar-refractivity contribution in [3.8, 4) is 0 Å². The van der Waals surface area contributed by atoms with Crippen LogP contribution in [0.2, 0.25) is 0 Å². The minimum Gasteiger partial charge on any atom is -0.481 e. The van der Waals surface area contributed by atoms with Gasteiger partial charge in [-0.05, 0) is 31.9 Å². The van der Waals surface area contributed by atoms with E-state index in [1.807, 2.05) is 6.92 Å².